The molecule has 1 saturated heterocycles. The highest BCUT2D eigenvalue weighted by molar-refractivity contribution is 5.46. The molecule has 1 fully saturated rings. The Kier molecular flexibility index (Phi) is 5.85. The Labute approximate surface area is 154 Å². The minimum atomic E-state index is 0.206. The van der Waals surface area contributed by atoms with E-state index in [1.54, 1.807) is 26.4 Å². The van der Waals surface area contributed by atoms with Crippen LogP contribution in [0.15, 0.2) is 36.4 Å². The normalized spacial score (nSPS) is 15.8. The van der Waals surface area contributed by atoms with E-state index in [-0.39, 0.29) is 11.5 Å². The molecule has 1 aliphatic heterocycles. The van der Waals surface area contributed by atoms with Crippen LogP contribution in [0.5, 0.6) is 23.0 Å². The molecule has 1 aliphatic rings. The number of methoxy groups -OCH3 is 2. The summed E-state index contributed by atoms with van der Waals surface area (Å²) in [5, 5.41) is 20.6. The van der Waals surface area contributed by atoms with Crippen LogP contribution in [0.25, 0.3) is 0 Å². The Bertz CT molecular complexity index is 689. The first kappa shape index (κ1) is 18.4. The molecule has 0 saturated carbocycles. The molecule has 6 heteroatoms. The third-order valence-electron chi connectivity index (χ3n) is 4.74. The van der Waals surface area contributed by atoms with E-state index in [1.807, 2.05) is 24.3 Å². The lowest BCUT2D eigenvalue weighted by Crippen LogP contribution is -2.43. The number of hydrogen-bond acceptors (Lipinski definition) is 6. The Morgan fingerprint density at radius 3 is 1.69 bits per heavy atom. The van der Waals surface area contributed by atoms with Gasteiger partial charge in [0.05, 0.1) is 20.9 Å². The average molecular weight is 358 g/mol. The number of para-hydroxylation sites is 2. The first-order chi connectivity index (χ1) is 12.6. The number of phenolic OH excluding ortho intramolecular Hbond substituents is 2. The van der Waals surface area contributed by atoms with Crippen molar-refractivity contribution in [3.63, 3.8) is 0 Å². The molecule has 0 bridgehead atoms. The number of ether oxygens (including phenoxy) is 2. The fourth-order valence-corrected chi connectivity index (χ4v) is 3.40. The molecule has 26 heavy (non-hydrogen) atoms. The molecule has 140 valence electrons. The van der Waals surface area contributed by atoms with Crippen LogP contribution in [0.3, 0.4) is 0 Å². The number of aromatic hydroxyl groups is 2. The van der Waals surface area contributed by atoms with Gasteiger partial charge >= 0.3 is 0 Å². The van der Waals surface area contributed by atoms with Gasteiger partial charge in [-0.25, -0.2) is 0 Å². The van der Waals surface area contributed by atoms with Crippen LogP contribution >= 0.6 is 0 Å². The second kappa shape index (κ2) is 8.29. The summed E-state index contributed by atoms with van der Waals surface area (Å²) in [5.74, 6) is 1.41. The van der Waals surface area contributed by atoms with Crippen molar-refractivity contribution in [1.29, 1.82) is 0 Å². The zero-order chi connectivity index (χ0) is 18.5. The van der Waals surface area contributed by atoms with Crippen molar-refractivity contribution >= 4 is 0 Å². The van der Waals surface area contributed by atoms with Gasteiger partial charge in [-0.05, 0) is 18.6 Å². The van der Waals surface area contributed by atoms with Gasteiger partial charge in [-0.1, -0.05) is 24.3 Å². The molecule has 2 aromatic carbocycles. The molecule has 3 rings (SSSR count). The lowest BCUT2D eigenvalue weighted by Gasteiger charge is -2.36. The van der Waals surface area contributed by atoms with E-state index in [1.165, 1.54) is 0 Å². The van der Waals surface area contributed by atoms with Crippen molar-refractivity contribution in [2.75, 3.05) is 34.0 Å². The lowest BCUT2D eigenvalue weighted by molar-refractivity contribution is 0.0733. The number of hydrogen-bond donors (Lipinski definition) is 2. The van der Waals surface area contributed by atoms with Crippen LogP contribution in [0.4, 0.5) is 0 Å². The van der Waals surface area contributed by atoms with Gasteiger partial charge in [0.1, 0.15) is 0 Å². The van der Waals surface area contributed by atoms with E-state index >= 15 is 0 Å². The second-order valence-electron chi connectivity index (χ2n) is 6.54. The third-order valence-corrected chi connectivity index (χ3v) is 4.74. The van der Waals surface area contributed by atoms with Gasteiger partial charge in [0.2, 0.25) is 0 Å². The first-order valence-corrected chi connectivity index (χ1v) is 8.76. The van der Waals surface area contributed by atoms with Crippen LogP contribution < -0.4 is 9.47 Å². The van der Waals surface area contributed by atoms with E-state index in [2.05, 4.69) is 9.80 Å². The summed E-state index contributed by atoms with van der Waals surface area (Å²) in [4.78, 5) is 4.57. The second-order valence-corrected chi connectivity index (χ2v) is 6.54. The quantitative estimate of drug-likeness (QED) is 0.828. The van der Waals surface area contributed by atoms with Gasteiger partial charge in [0, 0.05) is 37.3 Å². The van der Waals surface area contributed by atoms with Crippen LogP contribution in [0.2, 0.25) is 0 Å². The molecule has 0 unspecified atom stereocenters. The summed E-state index contributed by atoms with van der Waals surface area (Å²) in [6.07, 6.45) is 1.04. The Balaban J connectivity index is 1.67. The Morgan fingerprint density at radius 2 is 1.27 bits per heavy atom. The van der Waals surface area contributed by atoms with Crippen molar-refractivity contribution in [3.8, 4) is 23.0 Å². The third kappa shape index (κ3) is 4.03. The minimum Gasteiger partial charge on any atom is -0.504 e. The number of rotatable bonds is 6. The highest BCUT2D eigenvalue weighted by atomic mass is 16.5. The molecule has 0 spiro atoms. The van der Waals surface area contributed by atoms with Crippen LogP contribution in [0, 0.1) is 0 Å². The molecule has 6 nitrogen and oxygen atoms in total. The standard InChI is InChI=1S/C20H26N2O4/c1-25-17-8-3-6-15(19(17)23)12-21-10-5-11-22(14-21)13-16-7-4-9-18(26-2)20(16)24/h3-4,6-9,23-24H,5,10-14H2,1-2H3. The predicted molar refractivity (Wildman–Crippen MR) is 99.6 cm³/mol. The SMILES string of the molecule is COc1cccc(CN2CCCN(Cc3cccc(OC)c3O)C2)c1O. The van der Waals surface area contributed by atoms with Crippen LogP contribution in [-0.2, 0) is 13.1 Å². The summed E-state index contributed by atoms with van der Waals surface area (Å²) >= 11 is 0. The molecule has 0 aromatic heterocycles. The highest BCUT2D eigenvalue weighted by Gasteiger charge is 2.21. The maximum atomic E-state index is 10.3. The van der Waals surface area contributed by atoms with Gasteiger partial charge in [-0.15, -0.1) is 0 Å². The molecular formula is C20H26N2O4. The van der Waals surface area contributed by atoms with Gasteiger partial charge in [-0.2, -0.15) is 0 Å². The smallest absolute Gasteiger partial charge is 0.162 e. The molecule has 1 heterocycles. The van der Waals surface area contributed by atoms with E-state index in [9.17, 15) is 10.2 Å². The fourth-order valence-electron chi connectivity index (χ4n) is 3.40. The van der Waals surface area contributed by atoms with Gasteiger partial charge < -0.3 is 19.7 Å². The number of phenols is 2. The van der Waals surface area contributed by atoms with Crippen molar-refractivity contribution < 1.29 is 19.7 Å². The summed E-state index contributed by atoms with van der Waals surface area (Å²) in [7, 11) is 3.12. The van der Waals surface area contributed by atoms with Gasteiger partial charge in [0.25, 0.3) is 0 Å². The van der Waals surface area contributed by atoms with Crippen LogP contribution in [0.1, 0.15) is 17.5 Å². The van der Waals surface area contributed by atoms with Gasteiger partial charge in [-0.3, -0.25) is 9.80 Å². The summed E-state index contributed by atoms with van der Waals surface area (Å²) in [6.45, 7) is 4.02. The maximum absolute atomic E-state index is 10.3. The Morgan fingerprint density at radius 1 is 0.808 bits per heavy atom. The van der Waals surface area contributed by atoms with Gasteiger partial charge in [0.15, 0.2) is 23.0 Å². The fraction of sp³-hybridized carbons (Fsp3) is 0.400. The lowest BCUT2D eigenvalue weighted by atomic mass is 10.1. The molecule has 0 atom stereocenters. The summed E-state index contributed by atoms with van der Waals surface area (Å²) in [5.41, 5.74) is 1.71. The Hall–Kier alpha value is -2.44. The van der Waals surface area contributed by atoms with E-state index in [0.29, 0.717) is 24.6 Å². The van der Waals surface area contributed by atoms with Crippen molar-refractivity contribution in [2.45, 2.75) is 19.5 Å². The zero-order valence-corrected chi connectivity index (χ0v) is 15.3. The minimum absolute atomic E-state index is 0.206. The first-order valence-electron chi connectivity index (χ1n) is 8.76. The van der Waals surface area contributed by atoms with Crippen molar-refractivity contribution in [2.24, 2.45) is 0 Å². The maximum Gasteiger partial charge on any atom is 0.162 e. The average Bonchev–Trinajstić information content (AvgIpc) is 2.65. The highest BCUT2D eigenvalue weighted by Crippen LogP contribution is 2.32. The molecule has 0 radical (unpaired) electrons. The molecular weight excluding hydrogens is 332 g/mol. The van der Waals surface area contributed by atoms with E-state index < -0.39 is 0 Å². The zero-order valence-electron chi connectivity index (χ0n) is 15.3. The van der Waals surface area contributed by atoms with Crippen molar-refractivity contribution in [1.82, 2.24) is 9.80 Å². The van der Waals surface area contributed by atoms with E-state index in [0.717, 1.165) is 37.3 Å². The van der Waals surface area contributed by atoms with Crippen LogP contribution in [-0.4, -0.2) is 54.0 Å². The molecule has 2 aromatic rings. The summed E-state index contributed by atoms with van der Waals surface area (Å²) in [6, 6.07) is 11.1. The van der Waals surface area contributed by atoms with E-state index in [4.69, 9.17) is 9.47 Å². The van der Waals surface area contributed by atoms with Crippen molar-refractivity contribution in [3.05, 3.63) is 47.5 Å². The topological polar surface area (TPSA) is 65.4 Å². The summed E-state index contributed by atoms with van der Waals surface area (Å²) < 4.78 is 10.4. The number of nitrogens with zero attached hydrogens (tertiary/aromatic N) is 2. The number of benzene rings is 2. The molecule has 2 N–H and O–H groups in total. The largest absolute Gasteiger partial charge is 0.504 e. The monoisotopic (exact) mass is 358 g/mol. The molecule has 0 amide bonds. The molecule has 0 aliphatic carbocycles. The predicted octanol–water partition coefficient (Wildman–Crippen LogP) is 2.78.